The van der Waals surface area contributed by atoms with Crippen molar-refractivity contribution in [2.24, 2.45) is 0 Å². The highest BCUT2D eigenvalue weighted by molar-refractivity contribution is 5.44. The highest BCUT2D eigenvalue weighted by Gasteiger charge is 2.02. The molecule has 1 aromatic carbocycles. The lowest BCUT2D eigenvalue weighted by atomic mass is 10.3. The summed E-state index contributed by atoms with van der Waals surface area (Å²) >= 11 is 0. The van der Waals surface area contributed by atoms with E-state index in [9.17, 15) is 8.78 Å². The second-order valence-electron chi connectivity index (χ2n) is 3.35. The molecule has 0 atom stereocenters. The molecule has 0 unspecified atom stereocenters. The Morgan fingerprint density at radius 1 is 1.29 bits per heavy atom. The zero-order valence-electron chi connectivity index (χ0n) is 8.35. The number of nitrogens with zero attached hydrogens (tertiary/aromatic N) is 1. The third-order valence-electron chi connectivity index (χ3n) is 1.80. The monoisotopic (exact) mass is 200 g/mol. The molecule has 1 N–H and O–H groups in total. The van der Waals surface area contributed by atoms with Gasteiger partial charge in [-0.05, 0) is 32.3 Å². The van der Waals surface area contributed by atoms with Gasteiger partial charge in [-0.15, -0.1) is 0 Å². The average Bonchev–Trinajstić information content (AvgIpc) is 2.10. The molecule has 0 bridgehead atoms. The summed E-state index contributed by atoms with van der Waals surface area (Å²) in [4.78, 5) is 1.96. The van der Waals surface area contributed by atoms with Gasteiger partial charge in [0.05, 0.1) is 5.69 Å². The number of nitrogens with one attached hydrogen (secondary N) is 1. The Morgan fingerprint density at radius 2 is 2.00 bits per heavy atom. The van der Waals surface area contributed by atoms with Crippen LogP contribution in [0.25, 0.3) is 0 Å². The van der Waals surface area contributed by atoms with E-state index in [4.69, 9.17) is 0 Å². The lowest BCUT2D eigenvalue weighted by Gasteiger charge is -2.11. The molecule has 0 aromatic heterocycles. The zero-order valence-corrected chi connectivity index (χ0v) is 8.35. The van der Waals surface area contributed by atoms with E-state index < -0.39 is 11.6 Å². The Hall–Kier alpha value is -1.16. The normalized spacial score (nSPS) is 10.6. The summed E-state index contributed by atoms with van der Waals surface area (Å²) in [5, 5.41) is 2.83. The molecule has 0 spiro atoms. The number of rotatable bonds is 4. The first-order valence-electron chi connectivity index (χ1n) is 4.43. The summed E-state index contributed by atoms with van der Waals surface area (Å²) < 4.78 is 25.8. The van der Waals surface area contributed by atoms with Crippen molar-refractivity contribution in [1.82, 2.24) is 4.90 Å². The molecule has 0 radical (unpaired) electrons. The minimum absolute atomic E-state index is 0.215. The van der Waals surface area contributed by atoms with Gasteiger partial charge in [0.1, 0.15) is 11.6 Å². The topological polar surface area (TPSA) is 15.3 Å². The molecule has 0 aliphatic rings. The number of hydrogen-bond acceptors (Lipinski definition) is 2. The summed E-state index contributed by atoms with van der Waals surface area (Å²) in [6, 6.07) is 3.38. The maximum absolute atomic E-state index is 13.1. The van der Waals surface area contributed by atoms with Gasteiger partial charge >= 0.3 is 0 Å². The van der Waals surface area contributed by atoms with Crippen molar-refractivity contribution in [3.8, 4) is 0 Å². The maximum atomic E-state index is 13.1. The molecule has 78 valence electrons. The largest absolute Gasteiger partial charge is 0.381 e. The summed E-state index contributed by atoms with van der Waals surface area (Å²) in [7, 11) is 3.84. The van der Waals surface area contributed by atoms with Crippen LogP contribution in [0.3, 0.4) is 0 Å². The molecular weight excluding hydrogens is 186 g/mol. The van der Waals surface area contributed by atoms with Crippen molar-refractivity contribution in [3.05, 3.63) is 29.8 Å². The van der Waals surface area contributed by atoms with Crippen LogP contribution in [-0.2, 0) is 0 Å². The van der Waals surface area contributed by atoms with Crippen molar-refractivity contribution in [3.63, 3.8) is 0 Å². The molecule has 0 saturated heterocycles. The number of anilines is 1. The number of halogens is 2. The fourth-order valence-electron chi connectivity index (χ4n) is 1.05. The van der Waals surface area contributed by atoms with Crippen molar-refractivity contribution in [2.75, 3.05) is 32.5 Å². The van der Waals surface area contributed by atoms with Gasteiger partial charge in [0.2, 0.25) is 0 Å². The summed E-state index contributed by atoms with van der Waals surface area (Å²) in [5.74, 6) is -0.857. The maximum Gasteiger partial charge on any atom is 0.146 e. The molecule has 14 heavy (non-hydrogen) atoms. The minimum Gasteiger partial charge on any atom is -0.381 e. The van der Waals surface area contributed by atoms with Crippen LogP contribution in [0.2, 0.25) is 0 Å². The highest BCUT2D eigenvalue weighted by Crippen LogP contribution is 2.14. The number of hydrogen-bond donors (Lipinski definition) is 1. The predicted octanol–water partition coefficient (Wildman–Crippen LogP) is 1.94. The summed E-state index contributed by atoms with van der Waals surface area (Å²) in [6.07, 6.45) is 0. The molecular formula is C10H14F2N2. The van der Waals surface area contributed by atoms with Crippen molar-refractivity contribution in [2.45, 2.75) is 0 Å². The second kappa shape index (κ2) is 4.91. The van der Waals surface area contributed by atoms with Crippen molar-refractivity contribution < 1.29 is 8.78 Å². The fourth-order valence-corrected chi connectivity index (χ4v) is 1.05. The molecule has 0 fully saturated rings. The van der Waals surface area contributed by atoms with E-state index in [0.29, 0.717) is 6.54 Å². The third kappa shape index (κ3) is 3.30. The van der Waals surface area contributed by atoms with Crippen molar-refractivity contribution in [1.29, 1.82) is 0 Å². The summed E-state index contributed by atoms with van der Waals surface area (Å²) in [6.45, 7) is 1.36. The van der Waals surface area contributed by atoms with Gasteiger partial charge in [-0.3, -0.25) is 0 Å². The smallest absolute Gasteiger partial charge is 0.146 e. The van der Waals surface area contributed by atoms with Gasteiger partial charge in [-0.1, -0.05) is 0 Å². The van der Waals surface area contributed by atoms with Crippen LogP contribution < -0.4 is 5.32 Å². The van der Waals surface area contributed by atoms with E-state index in [-0.39, 0.29) is 5.69 Å². The predicted molar refractivity (Wildman–Crippen MR) is 53.4 cm³/mol. The average molecular weight is 200 g/mol. The molecule has 0 aliphatic heterocycles. The van der Waals surface area contributed by atoms with Gasteiger partial charge in [-0.25, -0.2) is 8.78 Å². The molecule has 1 aromatic rings. The summed E-state index contributed by atoms with van der Waals surface area (Å²) in [5.41, 5.74) is 0.215. The first kappa shape index (κ1) is 10.9. The Bertz CT molecular complexity index is 300. The molecule has 0 heterocycles. The van der Waals surface area contributed by atoms with E-state index in [0.717, 1.165) is 24.7 Å². The van der Waals surface area contributed by atoms with Gasteiger partial charge in [-0.2, -0.15) is 0 Å². The Kier molecular flexibility index (Phi) is 3.83. The first-order valence-corrected chi connectivity index (χ1v) is 4.43. The highest BCUT2D eigenvalue weighted by atomic mass is 19.1. The third-order valence-corrected chi connectivity index (χ3v) is 1.80. The standard InChI is InChI=1S/C10H14F2N2/c1-14(2)6-5-13-10-7-8(11)3-4-9(10)12/h3-4,7,13H,5-6H2,1-2H3. The number of benzene rings is 1. The van der Waals surface area contributed by atoms with Gasteiger partial charge in [0, 0.05) is 13.1 Å². The molecule has 0 amide bonds. The van der Waals surface area contributed by atoms with Crippen LogP contribution in [0, 0.1) is 11.6 Å². The van der Waals surface area contributed by atoms with Crippen LogP contribution >= 0.6 is 0 Å². The Balaban J connectivity index is 2.53. The lowest BCUT2D eigenvalue weighted by Crippen LogP contribution is -2.21. The SMILES string of the molecule is CN(C)CCNc1cc(F)ccc1F. The number of likely N-dealkylation sites (N-methyl/N-ethyl adjacent to an activating group) is 1. The van der Waals surface area contributed by atoms with E-state index in [1.165, 1.54) is 0 Å². The second-order valence-corrected chi connectivity index (χ2v) is 3.35. The Morgan fingerprint density at radius 3 is 2.64 bits per heavy atom. The van der Waals surface area contributed by atoms with Crippen LogP contribution in [-0.4, -0.2) is 32.1 Å². The molecule has 1 rings (SSSR count). The molecule has 0 saturated carbocycles. The van der Waals surface area contributed by atoms with Crippen LogP contribution in [0.1, 0.15) is 0 Å². The van der Waals surface area contributed by atoms with Gasteiger partial charge in [0.25, 0.3) is 0 Å². The van der Waals surface area contributed by atoms with Crippen LogP contribution in [0.5, 0.6) is 0 Å². The van der Waals surface area contributed by atoms with Crippen LogP contribution in [0.4, 0.5) is 14.5 Å². The minimum atomic E-state index is -0.432. The lowest BCUT2D eigenvalue weighted by molar-refractivity contribution is 0.425. The van der Waals surface area contributed by atoms with E-state index in [2.05, 4.69) is 5.32 Å². The van der Waals surface area contributed by atoms with Gasteiger partial charge in [0.15, 0.2) is 0 Å². The quantitative estimate of drug-likeness (QED) is 0.799. The van der Waals surface area contributed by atoms with E-state index in [1.807, 2.05) is 19.0 Å². The fraction of sp³-hybridized carbons (Fsp3) is 0.400. The molecule has 2 nitrogen and oxygen atoms in total. The zero-order chi connectivity index (χ0) is 10.6. The molecule has 4 heteroatoms. The van der Waals surface area contributed by atoms with E-state index in [1.54, 1.807) is 0 Å². The van der Waals surface area contributed by atoms with Crippen LogP contribution in [0.15, 0.2) is 18.2 Å². The first-order chi connectivity index (χ1) is 6.59. The molecule has 0 aliphatic carbocycles. The van der Waals surface area contributed by atoms with E-state index >= 15 is 0 Å². The Labute approximate surface area is 82.5 Å². The van der Waals surface area contributed by atoms with Crippen molar-refractivity contribution >= 4 is 5.69 Å². The van der Waals surface area contributed by atoms with Gasteiger partial charge < -0.3 is 10.2 Å².